The number of rotatable bonds is 6. The number of hydrogen-bond donors (Lipinski definition) is 1. The monoisotopic (exact) mass is 325 g/mol. The van der Waals surface area contributed by atoms with Crippen molar-refractivity contribution in [3.8, 4) is 5.75 Å². The maximum atomic E-state index is 5.84. The molecule has 1 fully saturated rings. The van der Waals surface area contributed by atoms with Crippen LogP contribution in [0.3, 0.4) is 0 Å². The maximum absolute atomic E-state index is 5.84. The topological polar surface area (TPSA) is 21.3 Å². The quantitative estimate of drug-likeness (QED) is 0.837. The Bertz CT molecular complexity index is 364. The highest BCUT2D eigenvalue weighted by Crippen LogP contribution is 2.27. The highest BCUT2D eigenvalue weighted by molar-refractivity contribution is 9.10. The lowest BCUT2D eigenvalue weighted by Gasteiger charge is -2.32. The fraction of sp³-hybridized carbons (Fsp3) is 0.625. The minimum absolute atomic E-state index is 0.701. The molecule has 0 radical (unpaired) electrons. The van der Waals surface area contributed by atoms with Crippen LogP contribution < -0.4 is 10.1 Å². The van der Waals surface area contributed by atoms with Crippen molar-refractivity contribution in [2.24, 2.45) is 5.92 Å². The van der Waals surface area contributed by atoms with E-state index in [0.29, 0.717) is 6.04 Å². The van der Waals surface area contributed by atoms with E-state index >= 15 is 0 Å². The lowest BCUT2D eigenvalue weighted by atomic mass is 9.82. The van der Waals surface area contributed by atoms with Crippen molar-refractivity contribution in [2.75, 3.05) is 13.2 Å². The molecule has 106 valence electrons. The highest BCUT2D eigenvalue weighted by atomic mass is 79.9. The van der Waals surface area contributed by atoms with Gasteiger partial charge in [0.05, 0.1) is 6.61 Å². The van der Waals surface area contributed by atoms with Gasteiger partial charge in [-0.05, 0) is 56.0 Å². The lowest BCUT2D eigenvalue weighted by molar-refractivity contribution is 0.205. The van der Waals surface area contributed by atoms with Crippen LogP contribution in [0.4, 0.5) is 0 Å². The first-order valence-electron chi connectivity index (χ1n) is 7.41. The molecule has 19 heavy (non-hydrogen) atoms. The van der Waals surface area contributed by atoms with Gasteiger partial charge in [0.1, 0.15) is 5.75 Å². The number of nitrogens with one attached hydrogen (secondary N) is 1. The third-order valence-electron chi connectivity index (χ3n) is 3.95. The van der Waals surface area contributed by atoms with Crippen molar-refractivity contribution in [3.63, 3.8) is 0 Å². The van der Waals surface area contributed by atoms with E-state index < -0.39 is 0 Å². The van der Waals surface area contributed by atoms with Gasteiger partial charge in [0.15, 0.2) is 0 Å². The molecular weight excluding hydrogens is 302 g/mol. The molecule has 0 spiro atoms. The molecule has 0 amide bonds. The smallest absolute Gasteiger partial charge is 0.119 e. The Morgan fingerprint density at radius 3 is 2.68 bits per heavy atom. The van der Waals surface area contributed by atoms with E-state index in [4.69, 9.17) is 4.74 Å². The molecule has 0 aromatic heterocycles. The first-order valence-corrected chi connectivity index (χ1v) is 8.20. The third kappa shape index (κ3) is 4.81. The van der Waals surface area contributed by atoms with E-state index in [1.54, 1.807) is 0 Å². The zero-order valence-corrected chi connectivity index (χ0v) is 13.3. The summed E-state index contributed by atoms with van der Waals surface area (Å²) < 4.78 is 6.94. The Hall–Kier alpha value is -0.540. The molecule has 2 nitrogen and oxygen atoms in total. The summed E-state index contributed by atoms with van der Waals surface area (Å²) in [4.78, 5) is 0. The first-order chi connectivity index (χ1) is 9.29. The maximum Gasteiger partial charge on any atom is 0.119 e. The van der Waals surface area contributed by atoms with Crippen molar-refractivity contribution >= 4 is 15.9 Å². The molecule has 0 bridgehead atoms. The average molecular weight is 326 g/mol. The fourth-order valence-electron chi connectivity index (χ4n) is 2.94. The number of benzene rings is 1. The predicted octanol–water partition coefficient (Wildman–Crippen LogP) is 4.39. The van der Waals surface area contributed by atoms with Gasteiger partial charge < -0.3 is 10.1 Å². The Morgan fingerprint density at radius 2 is 1.95 bits per heavy atom. The predicted molar refractivity (Wildman–Crippen MR) is 83.7 cm³/mol. The summed E-state index contributed by atoms with van der Waals surface area (Å²) in [5.41, 5.74) is 0. The Labute approximate surface area is 125 Å². The van der Waals surface area contributed by atoms with Crippen LogP contribution in [0.25, 0.3) is 0 Å². The van der Waals surface area contributed by atoms with Crippen LogP contribution in [-0.2, 0) is 0 Å². The summed E-state index contributed by atoms with van der Waals surface area (Å²) in [6.45, 7) is 4.10. The van der Waals surface area contributed by atoms with Gasteiger partial charge in [0, 0.05) is 10.5 Å². The summed E-state index contributed by atoms with van der Waals surface area (Å²) >= 11 is 3.44. The molecule has 0 saturated heterocycles. The molecule has 2 unspecified atom stereocenters. The molecule has 2 atom stereocenters. The average Bonchev–Trinajstić information content (AvgIpc) is 2.43. The van der Waals surface area contributed by atoms with Crippen molar-refractivity contribution in [1.29, 1.82) is 0 Å². The summed E-state index contributed by atoms with van der Waals surface area (Å²) in [7, 11) is 0. The normalized spacial score (nSPS) is 23.3. The molecule has 1 aromatic rings. The Kier molecular flexibility index (Phi) is 6.18. The molecule has 1 aliphatic rings. The molecule has 0 aliphatic heterocycles. The molecule has 1 saturated carbocycles. The van der Waals surface area contributed by atoms with Gasteiger partial charge in [-0.3, -0.25) is 0 Å². The van der Waals surface area contributed by atoms with Crippen molar-refractivity contribution < 1.29 is 4.74 Å². The van der Waals surface area contributed by atoms with Gasteiger partial charge in [0.25, 0.3) is 0 Å². The van der Waals surface area contributed by atoms with Gasteiger partial charge in [-0.15, -0.1) is 0 Å². The van der Waals surface area contributed by atoms with Gasteiger partial charge >= 0.3 is 0 Å². The van der Waals surface area contributed by atoms with Crippen molar-refractivity contribution in [1.82, 2.24) is 5.32 Å². The molecule has 2 rings (SSSR count). The Morgan fingerprint density at radius 1 is 1.21 bits per heavy atom. The molecule has 1 aromatic carbocycles. The van der Waals surface area contributed by atoms with Gasteiger partial charge in [0.2, 0.25) is 0 Å². The molecule has 1 aliphatic carbocycles. The summed E-state index contributed by atoms with van der Waals surface area (Å²) in [5.74, 6) is 1.75. The van der Waals surface area contributed by atoms with E-state index in [0.717, 1.165) is 35.7 Å². The summed E-state index contributed by atoms with van der Waals surface area (Å²) in [6.07, 6.45) is 6.60. The fourth-order valence-corrected chi connectivity index (χ4v) is 3.21. The second kappa shape index (κ2) is 7.91. The summed E-state index contributed by atoms with van der Waals surface area (Å²) in [6, 6.07) is 8.79. The molecule has 0 heterocycles. The summed E-state index contributed by atoms with van der Waals surface area (Å²) in [5, 5.41) is 3.63. The first kappa shape index (κ1) is 14.9. The number of hydrogen-bond acceptors (Lipinski definition) is 2. The second-order valence-corrected chi connectivity index (χ2v) is 6.22. The van der Waals surface area contributed by atoms with E-state index in [2.05, 4.69) is 28.2 Å². The minimum atomic E-state index is 0.701. The van der Waals surface area contributed by atoms with Crippen LogP contribution in [0.1, 0.15) is 39.0 Å². The van der Waals surface area contributed by atoms with Crippen LogP contribution in [0.2, 0.25) is 0 Å². The van der Waals surface area contributed by atoms with E-state index in [1.165, 1.54) is 25.7 Å². The van der Waals surface area contributed by atoms with E-state index in [9.17, 15) is 0 Å². The number of halogens is 1. The second-order valence-electron chi connectivity index (χ2n) is 5.30. The lowest BCUT2D eigenvalue weighted by Crippen LogP contribution is -2.39. The highest BCUT2D eigenvalue weighted by Gasteiger charge is 2.23. The molecule has 1 N–H and O–H groups in total. The number of ether oxygens (including phenoxy) is 1. The molecular formula is C16H24BrNO. The van der Waals surface area contributed by atoms with Crippen LogP contribution in [0, 0.1) is 5.92 Å². The van der Waals surface area contributed by atoms with Crippen molar-refractivity contribution in [3.05, 3.63) is 28.7 Å². The zero-order chi connectivity index (χ0) is 13.5. The van der Waals surface area contributed by atoms with Crippen LogP contribution >= 0.6 is 15.9 Å². The van der Waals surface area contributed by atoms with Crippen LogP contribution in [-0.4, -0.2) is 19.2 Å². The largest absolute Gasteiger partial charge is 0.494 e. The SMILES string of the molecule is CCNC1CCCCC1CCOc1ccc(Br)cc1. The van der Waals surface area contributed by atoms with Crippen LogP contribution in [0.15, 0.2) is 28.7 Å². The van der Waals surface area contributed by atoms with E-state index in [-0.39, 0.29) is 0 Å². The van der Waals surface area contributed by atoms with E-state index in [1.807, 2.05) is 24.3 Å². The third-order valence-corrected chi connectivity index (χ3v) is 4.48. The standard InChI is InChI=1S/C16H24BrNO/c1-2-18-16-6-4-3-5-13(16)11-12-19-15-9-7-14(17)8-10-15/h7-10,13,16,18H,2-6,11-12H2,1H3. The van der Waals surface area contributed by atoms with Crippen LogP contribution in [0.5, 0.6) is 5.75 Å². The van der Waals surface area contributed by atoms with Gasteiger partial charge in [-0.25, -0.2) is 0 Å². The van der Waals surface area contributed by atoms with Crippen molar-refractivity contribution in [2.45, 2.75) is 45.1 Å². The Balaban J connectivity index is 1.75. The minimum Gasteiger partial charge on any atom is -0.494 e. The zero-order valence-electron chi connectivity index (χ0n) is 11.7. The van der Waals surface area contributed by atoms with Gasteiger partial charge in [-0.2, -0.15) is 0 Å². The van der Waals surface area contributed by atoms with Gasteiger partial charge in [-0.1, -0.05) is 35.7 Å². The molecule has 3 heteroatoms.